The van der Waals surface area contributed by atoms with Gasteiger partial charge in [0.05, 0.1) is 25.6 Å². The summed E-state index contributed by atoms with van der Waals surface area (Å²) >= 11 is 3.28. The molecule has 2 rings (SSSR count). The molecule has 0 bridgehead atoms. The van der Waals surface area contributed by atoms with Crippen molar-refractivity contribution >= 4 is 21.8 Å². The Bertz CT molecular complexity index is 428. The lowest BCUT2D eigenvalue weighted by Gasteiger charge is -2.20. The van der Waals surface area contributed by atoms with Crippen molar-refractivity contribution in [1.29, 1.82) is 0 Å². The van der Waals surface area contributed by atoms with Gasteiger partial charge in [-0.2, -0.15) is 0 Å². The molecule has 0 saturated heterocycles. The molecule has 2 heterocycles. The number of carbonyl (C=O) groups excluding carboxylic acids is 1. The number of carbonyl (C=O) groups is 1. The maximum atomic E-state index is 12.0. The van der Waals surface area contributed by atoms with Gasteiger partial charge in [0.25, 0.3) is 0 Å². The van der Waals surface area contributed by atoms with E-state index in [1.165, 1.54) is 0 Å². The number of halogens is 1. The first-order chi connectivity index (χ1) is 8.79. The van der Waals surface area contributed by atoms with Gasteiger partial charge in [-0.1, -0.05) is 15.9 Å². The van der Waals surface area contributed by atoms with Gasteiger partial charge in [-0.25, -0.2) is 0 Å². The van der Waals surface area contributed by atoms with Crippen LogP contribution in [0.4, 0.5) is 0 Å². The summed E-state index contributed by atoms with van der Waals surface area (Å²) in [5.74, 6) is 1.61. The quantitative estimate of drug-likeness (QED) is 0.770. The van der Waals surface area contributed by atoms with Gasteiger partial charge in [-0.05, 0) is 24.3 Å². The van der Waals surface area contributed by atoms with E-state index in [4.69, 9.17) is 8.83 Å². The third-order valence-electron chi connectivity index (χ3n) is 2.51. The molecule has 18 heavy (non-hydrogen) atoms. The van der Waals surface area contributed by atoms with Gasteiger partial charge in [0, 0.05) is 11.8 Å². The summed E-state index contributed by atoms with van der Waals surface area (Å²) in [4.78, 5) is 13.7. The molecule has 0 spiro atoms. The fourth-order valence-electron chi connectivity index (χ4n) is 1.65. The van der Waals surface area contributed by atoms with E-state index in [1.54, 1.807) is 17.4 Å². The third-order valence-corrected chi connectivity index (χ3v) is 2.91. The van der Waals surface area contributed by atoms with Crippen LogP contribution in [-0.4, -0.2) is 16.1 Å². The van der Waals surface area contributed by atoms with Gasteiger partial charge >= 0.3 is 0 Å². The predicted octanol–water partition coefficient (Wildman–Crippen LogP) is 3.19. The highest BCUT2D eigenvalue weighted by Crippen LogP contribution is 2.12. The first-order valence-electron chi connectivity index (χ1n) is 5.68. The summed E-state index contributed by atoms with van der Waals surface area (Å²) < 4.78 is 10.6. The Balaban J connectivity index is 2.04. The maximum absolute atomic E-state index is 12.0. The van der Waals surface area contributed by atoms with Crippen LogP contribution in [0, 0.1) is 0 Å². The minimum Gasteiger partial charge on any atom is -0.467 e. The monoisotopic (exact) mass is 311 g/mol. The fourth-order valence-corrected chi connectivity index (χ4v) is 1.99. The van der Waals surface area contributed by atoms with Gasteiger partial charge in [0.2, 0.25) is 5.91 Å². The second kappa shape index (κ2) is 6.44. The summed E-state index contributed by atoms with van der Waals surface area (Å²) in [5.41, 5.74) is 0. The zero-order valence-electron chi connectivity index (χ0n) is 9.84. The van der Waals surface area contributed by atoms with Gasteiger partial charge in [0.15, 0.2) is 0 Å². The molecular formula is C13H14BrNO3. The van der Waals surface area contributed by atoms with E-state index in [1.807, 2.05) is 24.3 Å². The molecule has 0 aliphatic rings. The van der Waals surface area contributed by atoms with Crippen molar-refractivity contribution in [1.82, 2.24) is 4.90 Å². The predicted molar refractivity (Wildman–Crippen MR) is 70.1 cm³/mol. The molecule has 96 valence electrons. The highest BCUT2D eigenvalue weighted by Gasteiger charge is 2.16. The summed E-state index contributed by atoms with van der Waals surface area (Å²) in [6.45, 7) is 0.916. The minimum atomic E-state index is 0.0691. The molecule has 2 aromatic heterocycles. The number of hydrogen-bond donors (Lipinski definition) is 0. The van der Waals surface area contributed by atoms with Crippen LogP contribution in [0.5, 0.6) is 0 Å². The molecule has 5 heteroatoms. The lowest BCUT2D eigenvalue weighted by molar-refractivity contribution is -0.132. The molecule has 4 nitrogen and oxygen atoms in total. The second-order valence-corrected chi connectivity index (χ2v) is 4.64. The van der Waals surface area contributed by atoms with Crippen molar-refractivity contribution in [3.63, 3.8) is 0 Å². The van der Waals surface area contributed by atoms with E-state index < -0.39 is 0 Å². The van der Waals surface area contributed by atoms with Crippen LogP contribution < -0.4 is 0 Å². The Morgan fingerprint density at radius 1 is 1.11 bits per heavy atom. The molecule has 0 atom stereocenters. The van der Waals surface area contributed by atoms with Gasteiger partial charge in [-0.3, -0.25) is 4.79 Å². The second-order valence-electron chi connectivity index (χ2n) is 3.85. The lowest BCUT2D eigenvalue weighted by atomic mass is 10.3. The Hall–Kier alpha value is -1.49. The van der Waals surface area contributed by atoms with Crippen LogP contribution in [0.2, 0.25) is 0 Å². The van der Waals surface area contributed by atoms with Crippen LogP contribution in [0.1, 0.15) is 17.9 Å². The van der Waals surface area contributed by atoms with Crippen LogP contribution in [0.3, 0.4) is 0 Å². The number of rotatable bonds is 6. The summed E-state index contributed by atoms with van der Waals surface area (Å²) in [7, 11) is 0. The average Bonchev–Trinajstić information content (AvgIpc) is 3.01. The molecule has 0 unspecified atom stereocenters. The highest BCUT2D eigenvalue weighted by atomic mass is 79.9. The van der Waals surface area contributed by atoms with Gasteiger partial charge in [0.1, 0.15) is 11.5 Å². The first kappa shape index (κ1) is 13.0. The third kappa shape index (κ3) is 3.50. The molecule has 0 saturated carbocycles. The van der Waals surface area contributed by atoms with Crippen molar-refractivity contribution in [2.24, 2.45) is 0 Å². The van der Waals surface area contributed by atoms with E-state index >= 15 is 0 Å². The topological polar surface area (TPSA) is 46.6 Å². The van der Waals surface area contributed by atoms with Crippen LogP contribution >= 0.6 is 15.9 Å². The van der Waals surface area contributed by atoms with Gasteiger partial charge < -0.3 is 13.7 Å². The van der Waals surface area contributed by atoms with Gasteiger partial charge in [-0.15, -0.1) is 0 Å². The summed E-state index contributed by atoms with van der Waals surface area (Å²) in [6, 6.07) is 7.35. The molecule has 0 fully saturated rings. The summed E-state index contributed by atoms with van der Waals surface area (Å²) in [5, 5.41) is 0.651. The van der Waals surface area contributed by atoms with E-state index in [2.05, 4.69) is 15.9 Å². The highest BCUT2D eigenvalue weighted by molar-refractivity contribution is 9.09. The molecule has 0 N–H and O–H groups in total. The minimum absolute atomic E-state index is 0.0691. The normalized spacial score (nSPS) is 10.5. The lowest BCUT2D eigenvalue weighted by Crippen LogP contribution is -2.29. The molecule has 0 radical (unpaired) electrons. The van der Waals surface area contributed by atoms with E-state index in [0.717, 1.165) is 11.5 Å². The van der Waals surface area contributed by atoms with Crippen LogP contribution in [0.15, 0.2) is 45.6 Å². The standard InChI is InChI=1S/C13H14BrNO3/c14-6-5-13(16)15(9-11-3-1-7-17-11)10-12-4-2-8-18-12/h1-4,7-8H,5-6,9-10H2. The number of amides is 1. The van der Waals surface area contributed by atoms with Crippen LogP contribution in [-0.2, 0) is 17.9 Å². The average molecular weight is 312 g/mol. The Labute approximate surface area is 114 Å². The Morgan fingerprint density at radius 2 is 1.67 bits per heavy atom. The van der Waals surface area contributed by atoms with E-state index in [0.29, 0.717) is 24.8 Å². The first-order valence-corrected chi connectivity index (χ1v) is 6.80. The molecule has 0 aromatic carbocycles. The molecule has 0 aliphatic heterocycles. The number of furan rings is 2. The number of alkyl halides is 1. The smallest absolute Gasteiger partial charge is 0.224 e. The Morgan fingerprint density at radius 3 is 2.06 bits per heavy atom. The SMILES string of the molecule is O=C(CCBr)N(Cc1ccco1)Cc1ccco1. The largest absolute Gasteiger partial charge is 0.467 e. The number of hydrogen-bond acceptors (Lipinski definition) is 3. The van der Waals surface area contributed by atoms with Crippen molar-refractivity contribution < 1.29 is 13.6 Å². The van der Waals surface area contributed by atoms with Crippen molar-refractivity contribution in [3.05, 3.63) is 48.3 Å². The Kier molecular flexibility index (Phi) is 4.64. The molecule has 0 aliphatic carbocycles. The fraction of sp³-hybridized carbons (Fsp3) is 0.308. The van der Waals surface area contributed by atoms with Crippen molar-refractivity contribution in [2.75, 3.05) is 5.33 Å². The number of nitrogens with zero attached hydrogens (tertiary/aromatic N) is 1. The van der Waals surface area contributed by atoms with E-state index in [-0.39, 0.29) is 5.91 Å². The van der Waals surface area contributed by atoms with Crippen molar-refractivity contribution in [3.8, 4) is 0 Å². The molecule has 1 amide bonds. The van der Waals surface area contributed by atoms with Crippen LogP contribution in [0.25, 0.3) is 0 Å². The van der Waals surface area contributed by atoms with E-state index in [9.17, 15) is 4.79 Å². The van der Waals surface area contributed by atoms with Crippen molar-refractivity contribution in [2.45, 2.75) is 19.5 Å². The zero-order valence-corrected chi connectivity index (χ0v) is 11.4. The molecule has 2 aromatic rings. The maximum Gasteiger partial charge on any atom is 0.224 e. The summed E-state index contributed by atoms with van der Waals surface area (Å²) in [6.07, 6.45) is 3.67. The molecular weight excluding hydrogens is 298 g/mol. The zero-order chi connectivity index (χ0) is 12.8.